The van der Waals surface area contributed by atoms with E-state index in [2.05, 4.69) is 12.6 Å². The SMILES string of the molecule is CC(S)OP(=O)(O)CCC1CCCC1. The summed E-state index contributed by atoms with van der Waals surface area (Å²) in [7, 11) is -3.38. The van der Waals surface area contributed by atoms with Crippen molar-refractivity contribution in [3.63, 3.8) is 0 Å². The summed E-state index contributed by atoms with van der Waals surface area (Å²) in [6.07, 6.45) is 6.04. The van der Waals surface area contributed by atoms with Gasteiger partial charge in [0.05, 0.1) is 6.16 Å². The van der Waals surface area contributed by atoms with E-state index in [1.54, 1.807) is 6.92 Å². The maximum atomic E-state index is 11.5. The van der Waals surface area contributed by atoms with Crippen LogP contribution in [0.2, 0.25) is 0 Å². The van der Waals surface area contributed by atoms with Crippen LogP contribution in [0.1, 0.15) is 39.0 Å². The molecular formula is C9H19O3PS. The Bertz CT molecular complexity index is 214. The van der Waals surface area contributed by atoms with E-state index in [4.69, 9.17) is 4.52 Å². The zero-order valence-electron chi connectivity index (χ0n) is 8.56. The third-order valence-corrected chi connectivity index (χ3v) is 4.35. The van der Waals surface area contributed by atoms with Crippen LogP contribution in [-0.4, -0.2) is 16.5 Å². The molecule has 0 radical (unpaired) electrons. The molecule has 0 saturated heterocycles. The zero-order valence-corrected chi connectivity index (χ0v) is 10.3. The lowest BCUT2D eigenvalue weighted by atomic mass is 10.1. The highest BCUT2D eigenvalue weighted by atomic mass is 32.1. The van der Waals surface area contributed by atoms with Crippen molar-refractivity contribution in [3.05, 3.63) is 0 Å². The predicted octanol–water partition coefficient (Wildman–Crippen LogP) is 3.04. The van der Waals surface area contributed by atoms with Gasteiger partial charge in [-0.15, -0.1) is 12.6 Å². The molecule has 1 N–H and O–H groups in total. The smallest absolute Gasteiger partial charge is 0.324 e. The van der Waals surface area contributed by atoms with Gasteiger partial charge in [-0.25, -0.2) is 0 Å². The predicted molar refractivity (Wildman–Crippen MR) is 60.8 cm³/mol. The van der Waals surface area contributed by atoms with Gasteiger partial charge in [-0.3, -0.25) is 9.09 Å². The summed E-state index contributed by atoms with van der Waals surface area (Å²) in [6.45, 7) is 1.65. The van der Waals surface area contributed by atoms with Crippen LogP contribution in [0, 0.1) is 5.92 Å². The zero-order chi connectivity index (χ0) is 10.6. The van der Waals surface area contributed by atoms with Gasteiger partial charge in [-0.05, 0) is 19.3 Å². The van der Waals surface area contributed by atoms with E-state index >= 15 is 0 Å². The van der Waals surface area contributed by atoms with E-state index in [9.17, 15) is 9.46 Å². The molecule has 1 fully saturated rings. The normalized spacial score (nSPS) is 24.8. The van der Waals surface area contributed by atoms with Gasteiger partial charge in [0.25, 0.3) is 0 Å². The standard InChI is InChI=1S/C9H19O3PS/c1-8(14)12-13(10,11)7-6-9-4-2-3-5-9/h8-9,14H,2-7H2,1H3,(H,10,11). The molecule has 0 spiro atoms. The molecule has 0 amide bonds. The number of rotatable bonds is 5. The van der Waals surface area contributed by atoms with Gasteiger partial charge in [0.1, 0.15) is 5.44 Å². The molecule has 1 aliphatic rings. The topological polar surface area (TPSA) is 46.5 Å². The fourth-order valence-corrected chi connectivity index (χ4v) is 3.65. The Balaban J connectivity index is 2.24. The van der Waals surface area contributed by atoms with Crippen LogP contribution in [0.3, 0.4) is 0 Å². The number of thiol groups is 1. The van der Waals surface area contributed by atoms with Gasteiger partial charge in [0.15, 0.2) is 0 Å². The Hall–Kier alpha value is 0.500. The Labute approximate surface area is 91.2 Å². The minimum Gasteiger partial charge on any atom is -0.324 e. The molecule has 3 nitrogen and oxygen atoms in total. The van der Waals surface area contributed by atoms with Gasteiger partial charge >= 0.3 is 7.60 Å². The fourth-order valence-electron chi connectivity index (χ4n) is 1.94. The lowest BCUT2D eigenvalue weighted by Crippen LogP contribution is -2.04. The molecule has 2 unspecified atom stereocenters. The molecule has 1 saturated carbocycles. The quantitative estimate of drug-likeness (QED) is 0.439. The minimum atomic E-state index is -3.38. The molecule has 1 rings (SSSR count). The molecule has 2 atom stereocenters. The van der Waals surface area contributed by atoms with Crippen LogP contribution in [-0.2, 0) is 9.09 Å². The molecule has 0 aromatic rings. The summed E-state index contributed by atoms with van der Waals surface area (Å²) in [4.78, 5) is 9.43. The first-order chi connectivity index (χ1) is 6.49. The Morgan fingerprint density at radius 2 is 2.14 bits per heavy atom. The summed E-state index contributed by atoms with van der Waals surface area (Å²) >= 11 is 3.94. The van der Waals surface area contributed by atoms with Crippen LogP contribution in [0.15, 0.2) is 0 Å². The molecule has 84 valence electrons. The first-order valence-corrected chi connectivity index (χ1v) is 7.46. The monoisotopic (exact) mass is 238 g/mol. The van der Waals surface area contributed by atoms with Crippen molar-refractivity contribution in [2.45, 2.75) is 44.5 Å². The van der Waals surface area contributed by atoms with E-state index in [1.165, 1.54) is 25.7 Å². The molecule has 0 aromatic carbocycles. The van der Waals surface area contributed by atoms with Crippen LogP contribution < -0.4 is 0 Å². The lowest BCUT2D eigenvalue weighted by molar-refractivity contribution is 0.251. The lowest BCUT2D eigenvalue weighted by Gasteiger charge is -2.16. The second-order valence-electron chi connectivity index (χ2n) is 4.00. The number of hydrogen-bond acceptors (Lipinski definition) is 3. The van der Waals surface area contributed by atoms with Crippen LogP contribution >= 0.6 is 20.2 Å². The van der Waals surface area contributed by atoms with Crippen LogP contribution in [0.25, 0.3) is 0 Å². The maximum Gasteiger partial charge on any atom is 0.329 e. The molecule has 0 heterocycles. The van der Waals surface area contributed by atoms with Gasteiger partial charge in [-0.1, -0.05) is 25.7 Å². The Kier molecular flexibility index (Phi) is 4.98. The van der Waals surface area contributed by atoms with Crippen molar-refractivity contribution in [2.24, 2.45) is 5.92 Å². The molecular weight excluding hydrogens is 219 g/mol. The van der Waals surface area contributed by atoms with Crippen LogP contribution in [0.4, 0.5) is 0 Å². The average Bonchev–Trinajstić information content (AvgIpc) is 2.50. The maximum absolute atomic E-state index is 11.5. The highest BCUT2D eigenvalue weighted by Crippen LogP contribution is 2.46. The first kappa shape index (κ1) is 12.6. The summed E-state index contributed by atoms with van der Waals surface area (Å²) < 4.78 is 16.3. The first-order valence-electron chi connectivity index (χ1n) is 5.18. The number of hydrogen-bond donors (Lipinski definition) is 2. The fraction of sp³-hybridized carbons (Fsp3) is 1.00. The second kappa shape index (κ2) is 5.55. The van der Waals surface area contributed by atoms with Crippen molar-refractivity contribution >= 4 is 20.2 Å². The molecule has 1 aliphatic carbocycles. The van der Waals surface area contributed by atoms with Crippen molar-refractivity contribution in [2.75, 3.05) is 6.16 Å². The van der Waals surface area contributed by atoms with Gasteiger partial charge in [0, 0.05) is 0 Å². The second-order valence-corrected chi connectivity index (χ2v) is 6.67. The summed E-state index contributed by atoms with van der Waals surface area (Å²) in [6, 6.07) is 0. The molecule has 0 bridgehead atoms. The third-order valence-electron chi connectivity index (χ3n) is 2.61. The molecule has 5 heteroatoms. The Morgan fingerprint density at radius 1 is 1.57 bits per heavy atom. The molecule has 0 aromatic heterocycles. The van der Waals surface area contributed by atoms with Gasteiger partial charge in [0.2, 0.25) is 0 Å². The summed E-state index contributed by atoms with van der Waals surface area (Å²) in [5, 5.41) is 0. The van der Waals surface area contributed by atoms with E-state index in [-0.39, 0.29) is 6.16 Å². The van der Waals surface area contributed by atoms with Gasteiger partial charge in [-0.2, -0.15) is 0 Å². The van der Waals surface area contributed by atoms with Crippen molar-refractivity contribution < 1.29 is 14.0 Å². The van der Waals surface area contributed by atoms with E-state index in [0.717, 1.165) is 6.42 Å². The van der Waals surface area contributed by atoms with Gasteiger partial charge < -0.3 is 4.89 Å². The van der Waals surface area contributed by atoms with Crippen LogP contribution in [0.5, 0.6) is 0 Å². The Morgan fingerprint density at radius 3 is 2.64 bits per heavy atom. The van der Waals surface area contributed by atoms with E-state index in [1.807, 2.05) is 0 Å². The highest BCUT2D eigenvalue weighted by Gasteiger charge is 2.24. The largest absolute Gasteiger partial charge is 0.329 e. The van der Waals surface area contributed by atoms with Crippen molar-refractivity contribution in [1.82, 2.24) is 0 Å². The van der Waals surface area contributed by atoms with E-state index in [0.29, 0.717) is 5.92 Å². The van der Waals surface area contributed by atoms with Crippen molar-refractivity contribution in [3.8, 4) is 0 Å². The minimum absolute atomic E-state index is 0.280. The van der Waals surface area contributed by atoms with Crippen molar-refractivity contribution in [1.29, 1.82) is 0 Å². The summed E-state index contributed by atoms with van der Waals surface area (Å²) in [5.74, 6) is 0.634. The molecule has 14 heavy (non-hydrogen) atoms. The highest BCUT2D eigenvalue weighted by molar-refractivity contribution is 7.81. The average molecular weight is 238 g/mol. The molecule has 0 aliphatic heterocycles. The summed E-state index contributed by atoms with van der Waals surface area (Å²) in [5.41, 5.74) is -0.464. The van der Waals surface area contributed by atoms with E-state index < -0.39 is 13.0 Å². The third kappa shape index (κ3) is 4.83.